The summed E-state index contributed by atoms with van der Waals surface area (Å²) >= 11 is 0. The van der Waals surface area contributed by atoms with Crippen LogP contribution in [0.2, 0.25) is 0 Å². The molecule has 2 aliphatic rings. The molecule has 2 aromatic carbocycles. The van der Waals surface area contributed by atoms with E-state index in [2.05, 4.69) is 34.3 Å². The molecule has 1 atom stereocenters. The molecule has 8 nitrogen and oxygen atoms in total. The second kappa shape index (κ2) is 10.9. The van der Waals surface area contributed by atoms with Crippen molar-refractivity contribution in [3.63, 3.8) is 0 Å². The summed E-state index contributed by atoms with van der Waals surface area (Å²) in [6.07, 6.45) is 4.48. The highest BCUT2D eigenvalue weighted by atomic mass is 16.5. The first-order chi connectivity index (χ1) is 18.0. The van der Waals surface area contributed by atoms with Crippen LogP contribution in [-0.4, -0.2) is 74.0 Å². The predicted molar refractivity (Wildman–Crippen MR) is 143 cm³/mol. The van der Waals surface area contributed by atoms with E-state index in [0.717, 1.165) is 53.0 Å². The van der Waals surface area contributed by atoms with Crippen LogP contribution in [0.15, 0.2) is 36.5 Å². The van der Waals surface area contributed by atoms with Crippen LogP contribution in [0.4, 0.5) is 4.79 Å². The summed E-state index contributed by atoms with van der Waals surface area (Å²) < 4.78 is 22.7. The molecule has 0 saturated carbocycles. The first-order valence-corrected chi connectivity index (χ1v) is 13.1. The Morgan fingerprint density at radius 3 is 2.62 bits per heavy atom. The van der Waals surface area contributed by atoms with E-state index in [1.807, 2.05) is 30.9 Å². The van der Waals surface area contributed by atoms with E-state index in [9.17, 15) is 4.79 Å². The number of hydrogen-bond acceptors (Lipinski definition) is 5. The Balaban J connectivity index is 1.49. The van der Waals surface area contributed by atoms with Gasteiger partial charge in [-0.25, -0.2) is 4.79 Å². The summed E-state index contributed by atoms with van der Waals surface area (Å²) in [6, 6.07) is 10.3. The van der Waals surface area contributed by atoms with Crippen molar-refractivity contribution in [2.75, 3.05) is 47.1 Å². The molecular weight excluding hydrogens is 470 g/mol. The van der Waals surface area contributed by atoms with Gasteiger partial charge in [0.15, 0.2) is 11.5 Å². The minimum atomic E-state index is -0.0740. The Hall–Kier alpha value is -3.39. The molecule has 0 bridgehead atoms. The second-order valence-electron chi connectivity index (χ2n) is 9.97. The van der Waals surface area contributed by atoms with Crippen LogP contribution in [-0.2, 0) is 17.6 Å². The number of aromatic nitrogens is 1. The number of benzene rings is 2. The highest BCUT2D eigenvalue weighted by Crippen LogP contribution is 2.41. The lowest BCUT2D eigenvalue weighted by Crippen LogP contribution is -2.51. The quantitative estimate of drug-likeness (QED) is 0.489. The average molecular weight is 508 g/mol. The van der Waals surface area contributed by atoms with E-state index < -0.39 is 0 Å². The van der Waals surface area contributed by atoms with Crippen molar-refractivity contribution in [3.05, 3.63) is 53.2 Å². The molecule has 1 unspecified atom stereocenters. The number of urea groups is 1. The van der Waals surface area contributed by atoms with E-state index >= 15 is 0 Å². The number of carbonyl (C=O) groups excluding carboxylic acids is 1. The van der Waals surface area contributed by atoms with E-state index in [4.69, 9.17) is 18.9 Å². The molecule has 1 aromatic heterocycles. The SMILES string of the molecule is COc1ccc2[nH]cc(CCC3c4cc(OC(C)C)c(OC)cc4CCN3C(=O)N3CCOCC3)c2c1. The zero-order chi connectivity index (χ0) is 25.9. The van der Waals surface area contributed by atoms with Gasteiger partial charge in [-0.2, -0.15) is 0 Å². The van der Waals surface area contributed by atoms with Crippen molar-refractivity contribution in [1.29, 1.82) is 0 Å². The first-order valence-electron chi connectivity index (χ1n) is 13.1. The number of nitrogens with zero attached hydrogens (tertiary/aromatic N) is 2. The minimum absolute atomic E-state index is 0.0151. The number of ether oxygens (including phenoxy) is 4. The lowest BCUT2D eigenvalue weighted by Gasteiger charge is -2.41. The third-order valence-electron chi connectivity index (χ3n) is 7.33. The van der Waals surface area contributed by atoms with Crippen LogP contribution in [0.5, 0.6) is 17.2 Å². The first kappa shape index (κ1) is 25.3. The molecule has 0 radical (unpaired) electrons. The number of morpholine rings is 1. The van der Waals surface area contributed by atoms with Gasteiger partial charge in [-0.15, -0.1) is 0 Å². The van der Waals surface area contributed by atoms with Gasteiger partial charge in [-0.1, -0.05) is 0 Å². The maximum absolute atomic E-state index is 13.7. The number of aromatic amines is 1. The summed E-state index contributed by atoms with van der Waals surface area (Å²) in [5, 5.41) is 1.15. The van der Waals surface area contributed by atoms with Crippen LogP contribution in [0, 0.1) is 0 Å². The Morgan fingerprint density at radius 2 is 1.89 bits per heavy atom. The number of rotatable bonds is 7. The number of hydrogen-bond donors (Lipinski definition) is 1. The van der Waals surface area contributed by atoms with Gasteiger partial charge in [-0.05, 0) is 80.1 Å². The van der Waals surface area contributed by atoms with Gasteiger partial charge in [0.1, 0.15) is 5.75 Å². The fourth-order valence-corrected chi connectivity index (χ4v) is 5.47. The van der Waals surface area contributed by atoms with Crippen LogP contribution < -0.4 is 14.2 Å². The molecule has 3 aromatic rings. The Morgan fingerprint density at radius 1 is 1.08 bits per heavy atom. The molecule has 1 saturated heterocycles. The Kier molecular flexibility index (Phi) is 7.46. The van der Waals surface area contributed by atoms with Crippen molar-refractivity contribution in [2.45, 2.75) is 45.3 Å². The molecule has 0 aliphatic carbocycles. The molecule has 198 valence electrons. The largest absolute Gasteiger partial charge is 0.497 e. The third-order valence-corrected chi connectivity index (χ3v) is 7.33. The number of methoxy groups -OCH3 is 2. The lowest BCUT2D eigenvalue weighted by atomic mass is 9.88. The monoisotopic (exact) mass is 507 g/mol. The topological polar surface area (TPSA) is 76.3 Å². The number of nitrogens with one attached hydrogen (secondary N) is 1. The molecule has 5 rings (SSSR count). The molecule has 2 aliphatic heterocycles. The number of carbonyl (C=O) groups is 1. The van der Waals surface area contributed by atoms with Crippen molar-refractivity contribution in [2.24, 2.45) is 0 Å². The van der Waals surface area contributed by atoms with Crippen molar-refractivity contribution in [1.82, 2.24) is 14.8 Å². The molecule has 2 amide bonds. The van der Waals surface area contributed by atoms with Crippen LogP contribution in [0.1, 0.15) is 43.0 Å². The van der Waals surface area contributed by atoms with Crippen molar-refractivity contribution >= 4 is 16.9 Å². The van der Waals surface area contributed by atoms with Crippen molar-refractivity contribution in [3.8, 4) is 17.2 Å². The third kappa shape index (κ3) is 5.21. The zero-order valence-electron chi connectivity index (χ0n) is 22.2. The van der Waals surface area contributed by atoms with Gasteiger partial charge in [0.2, 0.25) is 0 Å². The summed E-state index contributed by atoms with van der Waals surface area (Å²) in [5.74, 6) is 2.30. The maximum Gasteiger partial charge on any atom is 0.320 e. The van der Waals surface area contributed by atoms with Gasteiger partial charge < -0.3 is 33.7 Å². The standard InChI is InChI=1S/C29H37N3O5/c1-19(2)37-28-17-24-20(15-27(28)35-4)9-10-32(29(33)31-11-13-36-14-12-31)26(24)8-5-21-18-30-25-7-6-22(34-3)16-23(21)25/h6-7,15-19,26,30H,5,8-14H2,1-4H3. The van der Waals surface area contributed by atoms with Gasteiger partial charge in [0.25, 0.3) is 0 Å². The van der Waals surface area contributed by atoms with Crippen LogP contribution >= 0.6 is 0 Å². The number of fused-ring (bicyclic) bond motifs is 2. The normalized spacial score (nSPS) is 17.7. The lowest BCUT2D eigenvalue weighted by molar-refractivity contribution is 0.0376. The average Bonchev–Trinajstić information content (AvgIpc) is 3.33. The Bertz CT molecular complexity index is 1250. The summed E-state index contributed by atoms with van der Waals surface area (Å²) in [6.45, 7) is 7.11. The van der Waals surface area contributed by atoms with Gasteiger partial charge >= 0.3 is 6.03 Å². The van der Waals surface area contributed by atoms with E-state index in [0.29, 0.717) is 32.8 Å². The van der Waals surface area contributed by atoms with Crippen molar-refractivity contribution < 1.29 is 23.7 Å². The Labute approximate surface area is 218 Å². The molecule has 37 heavy (non-hydrogen) atoms. The summed E-state index contributed by atoms with van der Waals surface area (Å²) in [5.41, 5.74) is 4.65. The van der Waals surface area contributed by atoms with E-state index in [1.165, 1.54) is 11.1 Å². The van der Waals surface area contributed by atoms with E-state index in [-0.39, 0.29) is 18.2 Å². The summed E-state index contributed by atoms with van der Waals surface area (Å²) in [4.78, 5) is 21.1. The second-order valence-corrected chi connectivity index (χ2v) is 9.97. The van der Waals surface area contributed by atoms with Gasteiger partial charge in [-0.3, -0.25) is 0 Å². The highest BCUT2D eigenvalue weighted by molar-refractivity contribution is 5.84. The zero-order valence-corrected chi connectivity index (χ0v) is 22.2. The number of amides is 2. The molecular formula is C29H37N3O5. The molecule has 8 heteroatoms. The number of aryl methyl sites for hydroxylation is 1. The smallest absolute Gasteiger partial charge is 0.320 e. The molecule has 1 N–H and O–H groups in total. The van der Waals surface area contributed by atoms with Gasteiger partial charge in [0, 0.05) is 36.7 Å². The summed E-state index contributed by atoms with van der Waals surface area (Å²) in [7, 11) is 3.36. The fourth-order valence-electron chi connectivity index (χ4n) is 5.47. The predicted octanol–water partition coefficient (Wildman–Crippen LogP) is 4.96. The molecule has 1 fully saturated rings. The maximum atomic E-state index is 13.7. The molecule has 0 spiro atoms. The molecule has 3 heterocycles. The van der Waals surface area contributed by atoms with E-state index in [1.54, 1.807) is 14.2 Å². The number of H-pyrrole nitrogens is 1. The van der Waals surface area contributed by atoms with Gasteiger partial charge in [0.05, 0.1) is 39.6 Å². The minimum Gasteiger partial charge on any atom is -0.497 e. The fraction of sp³-hybridized carbons (Fsp3) is 0.483. The van der Waals surface area contributed by atoms with Crippen LogP contribution in [0.25, 0.3) is 10.9 Å². The highest BCUT2D eigenvalue weighted by Gasteiger charge is 2.35. The van der Waals surface area contributed by atoms with Crippen LogP contribution in [0.3, 0.4) is 0 Å².